The van der Waals surface area contributed by atoms with E-state index in [1.54, 1.807) is 12.1 Å². The number of nitrogens with one attached hydrogen (secondary N) is 2. The van der Waals surface area contributed by atoms with Gasteiger partial charge < -0.3 is 20.3 Å². The van der Waals surface area contributed by atoms with Crippen molar-refractivity contribution in [2.24, 2.45) is 0 Å². The molecule has 142 valence electrons. The smallest absolute Gasteiger partial charge is 0.414 e. The minimum atomic E-state index is -2.76. The van der Waals surface area contributed by atoms with Gasteiger partial charge >= 0.3 is 6.09 Å². The number of thiocarbonyl (C=S) groups is 1. The molecule has 0 saturated carbocycles. The van der Waals surface area contributed by atoms with Crippen molar-refractivity contribution in [2.45, 2.75) is 12.5 Å². The molecule has 0 aliphatic carbocycles. The Balaban J connectivity index is 1.64. The maximum atomic E-state index is 14.5. The Hall–Kier alpha value is -2.07. The van der Waals surface area contributed by atoms with Crippen molar-refractivity contribution < 1.29 is 22.7 Å². The Morgan fingerprint density at radius 2 is 2.12 bits per heavy atom. The maximum absolute atomic E-state index is 14.5. The number of nitrogens with zero attached hydrogens (tertiary/aromatic N) is 2. The molecule has 26 heavy (non-hydrogen) atoms. The fraction of sp³-hybridized carbons (Fsp3) is 0.500. The van der Waals surface area contributed by atoms with Gasteiger partial charge in [0.15, 0.2) is 0 Å². The number of hydrogen-bond donors (Lipinski definition) is 2. The van der Waals surface area contributed by atoms with Crippen molar-refractivity contribution in [3.63, 3.8) is 0 Å². The molecule has 1 aromatic rings. The molecule has 0 spiro atoms. The van der Waals surface area contributed by atoms with Gasteiger partial charge in [0.25, 0.3) is 6.43 Å². The number of carbonyl (C=O) groups is 1. The molecule has 2 N–H and O–H groups in total. The Kier molecular flexibility index (Phi) is 5.82. The van der Waals surface area contributed by atoms with Gasteiger partial charge in [-0.3, -0.25) is 4.90 Å². The average Bonchev–Trinajstić information content (AvgIpc) is 3.01. The molecule has 2 saturated heterocycles. The van der Waals surface area contributed by atoms with E-state index in [1.807, 2.05) is 4.90 Å². The van der Waals surface area contributed by atoms with Gasteiger partial charge in [0.2, 0.25) is 0 Å². The van der Waals surface area contributed by atoms with E-state index in [4.69, 9.17) is 4.74 Å². The number of rotatable bonds is 5. The van der Waals surface area contributed by atoms with Crippen molar-refractivity contribution in [3.05, 3.63) is 24.0 Å². The van der Waals surface area contributed by atoms with Crippen LogP contribution in [0.15, 0.2) is 18.2 Å². The largest absolute Gasteiger partial charge is 0.442 e. The molecular formula is C16H19F3N4O2S. The number of carbonyl (C=O) groups excluding carboxylic acids is 1. The summed E-state index contributed by atoms with van der Waals surface area (Å²) in [7, 11) is 0. The highest BCUT2D eigenvalue weighted by atomic mass is 32.1. The lowest BCUT2D eigenvalue weighted by atomic mass is 10.2. The van der Waals surface area contributed by atoms with Gasteiger partial charge in [0, 0.05) is 26.2 Å². The van der Waals surface area contributed by atoms with Crippen LogP contribution in [-0.2, 0) is 4.74 Å². The second kappa shape index (κ2) is 8.09. The minimum Gasteiger partial charge on any atom is -0.442 e. The number of halogens is 3. The van der Waals surface area contributed by atoms with E-state index in [-0.39, 0.29) is 13.1 Å². The van der Waals surface area contributed by atoms with E-state index in [0.29, 0.717) is 24.5 Å². The van der Waals surface area contributed by atoms with Gasteiger partial charge in [-0.1, -0.05) is 12.2 Å². The van der Waals surface area contributed by atoms with E-state index >= 15 is 0 Å². The molecule has 3 rings (SSSR count). The standard InChI is InChI=1S/C16H19F3N4O2S/c17-12-7-10(1-2-13(12)22-5-3-20-4-6-22)23-9-11(25-16(23)24)8-21-15(26)14(18)19/h1-2,7,11,14,20H,3-6,8-9H2,(H,21,26)/t11-/m0/s1. The molecule has 1 amide bonds. The molecule has 0 aromatic heterocycles. The van der Waals surface area contributed by atoms with Gasteiger partial charge in [-0.2, -0.15) is 0 Å². The van der Waals surface area contributed by atoms with Gasteiger partial charge in [-0.25, -0.2) is 18.0 Å². The summed E-state index contributed by atoms with van der Waals surface area (Å²) in [5, 5.41) is 5.57. The highest BCUT2D eigenvalue weighted by Gasteiger charge is 2.33. The van der Waals surface area contributed by atoms with Crippen molar-refractivity contribution in [3.8, 4) is 0 Å². The van der Waals surface area contributed by atoms with Crippen LogP contribution in [0.25, 0.3) is 0 Å². The molecule has 2 aliphatic heterocycles. The first-order chi connectivity index (χ1) is 12.5. The highest BCUT2D eigenvalue weighted by Crippen LogP contribution is 2.28. The Morgan fingerprint density at radius 3 is 2.77 bits per heavy atom. The van der Waals surface area contributed by atoms with Crippen molar-refractivity contribution in [1.29, 1.82) is 0 Å². The van der Waals surface area contributed by atoms with Crippen molar-refractivity contribution in [2.75, 3.05) is 49.1 Å². The third-order valence-electron chi connectivity index (χ3n) is 4.28. The normalized spacial score (nSPS) is 20.5. The summed E-state index contributed by atoms with van der Waals surface area (Å²) < 4.78 is 44.4. The first kappa shape index (κ1) is 18.7. The van der Waals surface area contributed by atoms with Gasteiger partial charge in [0.1, 0.15) is 16.9 Å². The lowest BCUT2D eigenvalue weighted by molar-refractivity contribution is 0.142. The SMILES string of the molecule is O=C1O[C@@H](CNC(=S)C(F)F)CN1c1ccc(N2CCNCC2)c(F)c1. The fourth-order valence-corrected chi connectivity index (χ4v) is 3.04. The molecular weight excluding hydrogens is 369 g/mol. The molecule has 2 aliphatic rings. The summed E-state index contributed by atoms with van der Waals surface area (Å²) in [5.41, 5.74) is 0.855. The molecule has 2 heterocycles. The van der Waals surface area contributed by atoms with E-state index in [0.717, 1.165) is 13.1 Å². The lowest BCUT2D eigenvalue weighted by Crippen LogP contribution is -2.43. The van der Waals surface area contributed by atoms with Crippen LogP contribution in [0.5, 0.6) is 0 Å². The zero-order valence-electron chi connectivity index (χ0n) is 13.9. The summed E-state index contributed by atoms with van der Waals surface area (Å²) in [6, 6.07) is 4.58. The lowest BCUT2D eigenvalue weighted by Gasteiger charge is -2.30. The quantitative estimate of drug-likeness (QED) is 0.750. The van der Waals surface area contributed by atoms with E-state index in [2.05, 4.69) is 22.9 Å². The summed E-state index contributed by atoms with van der Waals surface area (Å²) in [6.45, 7) is 3.10. The van der Waals surface area contributed by atoms with Crippen LogP contribution < -0.4 is 20.4 Å². The Morgan fingerprint density at radius 1 is 1.38 bits per heavy atom. The fourth-order valence-electron chi connectivity index (χ4n) is 2.96. The predicted molar refractivity (Wildman–Crippen MR) is 95.7 cm³/mol. The third-order valence-corrected chi connectivity index (χ3v) is 4.60. The molecule has 6 nitrogen and oxygen atoms in total. The number of anilines is 2. The number of amides is 1. The first-order valence-corrected chi connectivity index (χ1v) is 8.66. The molecule has 0 radical (unpaired) electrons. The zero-order chi connectivity index (χ0) is 18.7. The molecule has 0 unspecified atom stereocenters. The Labute approximate surface area is 154 Å². The van der Waals surface area contributed by atoms with Crippen LogP contribution in [0, 0.1) is 5.82 Å². The summed E-state index contributed by atoms with van der Waals surface area (Å²) in [6.07, 6.45) is -4.05. The number of piperazine rings is 1. The second-order valence-corrected chi connectivity index (χ2v) is 6.47. The monoisotopic (exact) mass is 388 g/mol. The zero-order valence-corrected chi connectivity index (χ0v) is 14.7. The van der Waals surface area contributed by atoms with Crippen LogP contribution in [0.4, 0.5) is 29.3 Å². The number of hydrogen-bond acceptors (Lipinski definition) is 5. The Bertz CT molecular complexity index is 685. The van der Waals surface area contributed by atoms with Crippen LogP contribution in [0.3, 0.4) is 0 Å². The summed E-state index contributed by atoms with van der Waals surface area (Å²) in [5.74, 6) is -0.419. The third kappa shape index (κ3) is 4.18. The average molecular weight is 388 g/mol. The van der Waals surface area contributed by atoms with Gasteiger partial charge in [-0.05, 0) is 18.2 Å². The van der Waals surface area contributed by atoms with E-state index < -0.39 is 29.4 Å². The maximum Gasteiger partial charge on any atom is 0.414 e. The van der Waals surface area contributed by atoms with E-state index in [1.165, 1.54) is 11.0 Å². The van der Waals surface area contributed by atoms with Gasteiger partial charge in [0.05, 0.1) is 24.5 Å². The summed E-state index contributed by atoms with van der Waals surface area (Å²) >= 11 is 4.48. The number of ether oxygens (including phenoxy) is 1. The topological polar surface area (TPSA) is 56.8 Å². The van der Waals surface area contributed by atoms with Crippen LogP contribution in [-0.4, -0.2) is 62.9 Å². The molecule has 0 bridgehead atoms. The van der Waals surface area contributed by atoms with Crippen molar-refractivity contribution in [1.82, 2.24) is 10.6 Å². The molecule has 1 atom stereocenters. The number of alkyl halides is 2. The molecule has 10 heteroatoms. The summed E-state index contributed by atoms with van der Waals surface area (Å²) in [4.78, 5) is 14.6. The number of benzene rings is 1. The van der Waals surface area contributed by atoms with Crippen LogP contribution in [0.1, 0.15) is 0 Å². The highest BCUT2D eigenvalue weighted by molar-refractivity contribution is 7.80. The second-order valence-electron chi connectivity index (χ2n) is 6.03. The van der Waals surface area contributed by atoms with Crippen molar-refractivity contribution >= 4 is 34.7 Å². The minimum absolute atomic E-state index is 0.0211. The van der Waals surface area contributed by atoms with Crippen LogP contribution >= 0.6 is 12.2 Å². The molecule has 2 fully saturated rings. The predicted octanol–water partition coefficient (Wildman–Crippen LogP) is 1.74. The van der Waals surface area contributed by atoms with Crippen LogP contribution in [0.2, 0.25) is 0 Å². The molecule has 1 aromatic carbocycles. The number of cyclic esters (lactones) is 1. The van der Waals surface area contributed by atoms with Gasteiger partial charge in [-0.15, -0.1) is 0 Å². The van der Waals surface area contributed by atoms with E-state index in [9.17, 15) is 18.0 Å². The first-order valence-electron chi connectivity index (χ1n) is 8.25.